The summed E-state index contributed by atoms with van der Waals surface area (Å²) in [6, 6.07) is 3.66. The molecule has 5 heteroatoms. The highest BCUT2D eigenvalue weighted by Gasteiger charge is 2.27. The Morgan fingerprint density at radius 2 is 2.15 bits per heavy atom. The first-order valence-electron chi connectivity index (χ1n) is 6.67. The molecule has 1 aromatic carbocycles. The SMILES string of the molecule is CCC[C@@H]1SCCN1C(=O)/C=C\c1c(F)cccc1F. The predicted molar refractivity (Wildman–Crippen MR) is 78.3 cm³/mol. The molecule has 1 aromatic rings. The van der Waals surface area contributed by atoms with Crippen molar-refractivity contribution in [3.05, 3.63) is 41.5 Å². The van der Waals surface area contributed by atoms with E-state index >= 15 is 0 Å². The van der Waals surface area contributed by atoms with Crippen molar-refractivity contribution in [2.24, 2.45) is 0 Å². The van der Waals surface area contributed by atoms with Crippen LogP contribution in [-0.4, -0.2) is 28.5 Å². The van der Waals surface area contributed by atoms with Crippen molar-refractivity contribution in [2.75, 3.05) is 12.3 Å². The van der Waals surface area contributed by atoms with Crippen LogP contribution >= 0.6 is 11.8 Å². The van der Waals surface area contributed by atoms with Gasteiger partial charge in [0.05, 0.1) is 5.37 Å². The molecule has 1 atom stereocenters. The molecule has 0 saturated carbocycles. The molecule has 0 radical (unpaired) electrons. The summed E-state index contributed by atoms with van der Waals surface area (Å²) in [6.07, 6.45) is 4.43. The van der Waals surface area contributed by atoms with E-state index in [2.05, 4.69) is 6.92 Å². The smallest absolute Gasteiger partial charge is 0.247 e. The minimum absolute atomic E-state index is 0.167. The van der Waals surface area contributed by atoms with Crippen molar-refractivity contribution in [3.63, 3.8) is 0 Å². The molecular weight excluding hydrogens is 280 g/mol. The van der Waals surface area contributed by atoms with Gasteiger partial charge in [-0.2, -0.15) is 0 Å². The molecule has 2 nitrogen and oxygen atoms in total. The van der Waals surface area contributed by atoms with E-state index in [1.54, 1.807) is 16.7 Å². The molecule has 1 fully saturated rings. The first-order valence-corrected chi connectivity index (χ1v) is 7.72. The van der Waals surface area contributed by atoms with Crippen LogP contribution in [0.15, 0.2) is 24.3 Å². The van der Waals surface area contributed by atoms with Gasteiger partial charge >= 0.3 is 0 Å². The van der Waals surface area contributed by atoms with E-state index in [0.29, 0.717) is 6.54 Å². The van der Waals surface area contributed by atoms with E-state index in [9.17, 15) is 13.6 Å². The summed E-state index contributed by atoms with van der Waals surface area (Å²) in [4.78, 5) is 13.9. The molecule has 1 amide bonds. The molecule has 0 aliphatic carbocycles. The summed E-state index contributed by atoms with van der Waals surface area (Å²) in [7, 11) is 0. The number of benzene rings is 1. The number of halogens is 2. The van der Waals surface area contributed by atoms with Gasteiger partial charge in [0, 0.05) is 23.9 Å². The molecule has 20 heavy (non-hydrogen) atoms. The van der Waals surface area contributed by atoms with Crippen LogP contribution < -0.4 is 0 Å². The maximum atomic E-state index is 13.5. The molecule has 108 valence electrons. The predicted octanol–water partition coefficient (Wildman–Crippen LogP) is 3.68. The summed E-state index contributed by atoms with van der Waals surface area (Å²) in [5.74, 6) is -0.584. The Hall–Kier alpha value is -1.36. The fraction of sp³-hybridized carbons (Fsp3) is 0.400. The van der Waals surface area contributed by atoms with Gasteiger partial charge in [-0.25, -0.2) is 8.78 Å². The van der Waals surface area contributed by atoms with Crippen LogP contribution in [0.3, 0.4) is 0 Å². The number of hydrogen-bond acceptors (Lipinski definition) is 2. The summed E-state index contributed by atoms with van der Waals surface area (Å²) in [5.41, 5.74) is -0.167. The highest BCUT2D eigenvalue weighted by molar-refractivity contribution is 8.00. The van der Waals surface area contributed by atoms with Gasteiger partial charge in [0.15, 0.2) is 0 Å². The molecule has 0 aromatic heterocycles. The van der Waals surface area contributed by atoms with Gasteiger partial charge in [0.25, 0.3) is 0 Å². The van der Waals surface area contributed by atoms with E-state index in [1.807, 2.05) is 0 Å². The summed E-state index contributed by atoms with van der Waals surface area (Å²) < 4.78 is 26.9. The highest BCUT2D eigenvalue weighted by atomic mass is 32.2. The minimum atomic E-state index is -0.657. The fourth-order valence-corrected chi connectivity index (χ4v) is 3.55. The van der Waals surface area contributed by atoms with E-state index in [0.717, 1.165) is 18.6 Å². The number of amides is 1. The first kappa shape index (κ1) is 15.0. The Morgan fingerprint density at radius 1 is 1.45 bits per heavy atom. The molecule has 2 rings (SSSR count). The molecule has 0 bridgehead atoms. The second-order valence-corrected chi connectivity index (χ2v) is 5.90. The lowest BCUT2D eigenvalue weighted by atomic mass is 10.2. The standard InChI is InChI=1S/C15H17F2NOS/c1-2-4-15-18(9-10-20-15)14(19)8-7-11-12(16)5-3-6-13(11)17/h3,5-8,15H,2,4,9-10H2,1H3/b8-7-/t15-/m0/s1. The Balaban J connectivity index is 2.09. The lowest BCUT2D eigenvalue weighted by molar-refractivity contribution is -0.126. The molecule has 1 aliphatic rings. The maximum absolute atomic E-state index is 13.5. The Labute approximate surface area is 121 Å². The Bertz CT molecular complexity index is 498. The third-order valence-corrected chi connectivity index (χ3v) is 4.49. The Morgan fingerprint density at radius 3 is 2.80 bits per heavy atom. The van der Waals surface area contributed by atoms with Crippen LogP contribution in [0.2, 0.25) is 0 Å². The largest absolute Gasteiger partial charge is 0.326 e. The van der Waals surface area contributed by atoms with Crippen LogP contribution in [0.1, 0.15) is 25.3 Å². The molecular formula is C15H17F2NOS. The van der Waals surface area contributed by atoms with Gasteiger partial charge in [-0.05, 0) is 24.6 Å². The number of rotatable bonds is 4. The molecule has 1 saturated heterocycles. The van der Waals surface area contributed by atoms with Gasteiger partial charge in [0.1, 0.15) is 11.6 Å². The molecule has 0 N–H and O–H groups in total. The summed E-state index contributed by atoms with van der Waals surface area (Å²) in [6.45, 7) is 2.77. The normalized spacial score (nSPS) is 18.9. The van der Waals surface area contributed by atoms with Crippen LogP contribution in [0.25, 0.3) is 6.08 Å². The van der Waals surface area contributed by atoms with Crippen molar-refractivity contribution >= 4 is 23.7 Å². The third kappa shape index (κ3) is 3.39. The first-order chi connectivity index (χ1) is 9.63. The highest BCUT2D eigenvalue weighted by Crippen LogP contribution is 2.27. The van der Waals surface area contributed by atoms with Crippen molar-refractivity contribution in [1.29, 1.82) is 0 Å². The van der Waals surface area contributed by atoms with Crippen molar-refractivity contribution in [1.82, 2.24) is 4.90 Å². The molecule has 1 heterocycles. The molecule has 0 unspecified atom stereocenters. The zero-order chi connectivity index (χ0) is 14.5. The summed E-state index contributed by atoms with van der Waals surface area (Å²) in [5, 5.41) is 0.183. The van der Waals surface area contributed by atoms with Gasteiger partial charge in [-0.15, -0.1) is 11.8 Å². The zero-order valence-electron chi connectivity index (χ0n) is 11.3. The number of carbonyl (C=O) groups excluding carboxylic acids is 1. The molecule has 0 spiro atoms. The second-order valence-electron chi connectivity index (χ2n) is 4.61. The van der Waals surface area contributed by atoms with E-state index in [4.69, 9.17) is 0 Å². The lowest BCUT2D eigenvalue weighted by Gasteiger charge is -2.21. The number of hydrogen-bond donors (Lipinski definition) is 0. The monoisotopic (exact) mass is 297 g/mol. The van der Waals surface area contributed by atoms with Crippen LogP contribution in [0.5, 0.6) is 0 Å². The second kappa shape index (κ2) is 6.88. The van der Waals surface area contributed by atoms with Crippen molar-refractivity contribution in [2.45, 2.75) is 25.1 Å². The van der Waals surface area contributed by atoms with Crippen LogP contribution in [0, 0.1) is 11.6 Å². The fourth-order valence-electron chi connectivity index (χ4n) is 2.18. The van der Waals surface area contributed by atoms with Crippen LogP contribution in [0.4, 0.5) is 8.78 Å². The van der Waals surface area contributed by atoms with Gasteiger partial charge in [0.2, 0.25) is 5.91 Å². The lowest BCUT2D eigenvalue weighted by Crippen LogP contribution is -2.33. The number of carbonyl (C=O) groups is 1. The van der Waals surface area contributed by atoms with Crippen molar-refractivity contribution in [3.8, 4) is 0 Å². The number of thioether (sulfide) groups is 1. The number of nitrogens with zero attached hydrogens (tertiary/aromatic N) is 1. The van der Waals surface area contributed by atoms with E-state index < -0.39 is 11.6 Å². The Kier molecular flexibility index (Phi) is 5.17. The van der Waals surface area contributed by atoms with E-state index in [-0.39, 0.29) is 16.8 Å². The van der Waals surface area contributed by atoms with Gasteiger partial charge in [-0.3, -0.25) is 4.79 Å². The molecule has 1 aliphatic heterocycles. The van der Waals surface area contributed by atoms with Gasteiger partial charge in [-0.1, -0.05) is 19.4 Å². The maximum Gasteiger partial charge on any atom is 0.247 e. The quantitative estimate of drug-likeness (QED) is 0.790. The zero-order valence-corrected chi connectivity index (χ0v) is 12.1. The van der Waals surface area contributed by atoms with Crippen LogP contribution in [-0.2, 0) is 4.79 Å². The third-order valence-electron chi connectivity index (χ3n) is 3.20. The average Bonchev–Trinajstić information content (AvgIpc) is 2.87. The summed E-state index contributed by atoms with van der Waals surface area (Å²) >= 11 is 1.75. The average molecular weight is 297 g/mol. The van der Waals surface area contributed by atoms with E-state index in [1.165, 1.54) is 30.4 Å². The van der Waals surface area contributed by atoms with Crippen molar-refractivity contribution < 1.29 is 13.6 Å². The topological polar surface area (TPSA) is 20.3 Å². The minimum Gasteiger partial charge on any atom is -0.326 e. The van der Waals surface area contributed by atoms with Gasteiger partial charge < -0.3 is 4.90 Å².